The molecule has 1 aliphatic heterocycles. The standard InChI is InChI=1S/C23H37N3O3/c1-17(2)21-12-8-16-26(21)22(27)19(11-6-7-15-24)25-20(23(28)29)14-13-18-9-4-3-5-10-18/h3-5,9-10,17,19-21,25H,6-8,11-16,24H2,1-2H3,(H,28,29)/t19-,20-,21-/m0/s1. The molecule has 0 radical (unpaired) electrons. The molecular formula is C23H37N3O3. The predicted octanol–water partition coefficient (Wildman–Crippen LogP) is 2.81. The summed E-state index contributed by atoms with van der Waals surface area (Å²) < 4.78 is 0. The van der Waals surface area contributed by atoms with Gasteiger partial charge < -0.3 is 15.7 Å². The Balaban J connectivity index is 2.07. The number of nitrogens with zero attached hydrogens (tertiary/aromatic N) is 1. The summed E-state index contributed by atoms with van der Waals surface area (Å²) in [6.45, 7) is 5.63. The number of likely N-dealkylation sites (tertiary alicyclic amines) is 1. The summed E-state index contributed by atoms with van der Waals surface area (Å²) >= 11 is 0. The third-order valence-corrected chi connectivity index (χ3v) is 5.86. The van der Waals surface area contributed by atoms with Crippen LogP contribution in [0.3, 0.4) is 0 Å². The largest absolute Gasteiger partial charge is 0.480 e. The molecule has 0 aliphatic carbocycles. The summed E-state index contributed by atoms with van der Waals surface area (Å²) in [5.74, 6) is -0.455. The van der Waals surface area contributed by atoms with Gasteiger partial charge in [-0.2, -0.15) is 0 Å². The summed E-state index contributed by atoms with van der Waals surface area (Å²) in [7, 11) is 0. The Labute approximate surface area is 174 Å². The molecule has 3 atom stereocenters. The second kappa shape index (κ2) is 11.9. The summed E-state index contributed by atoms with van der Waals surface area (Å²) in [6, 6.07) is 8.88. The number of hydrogen-bond acceptors (Lipinski definition) is 4. The maximum atomic E-state index is 13.3. The van der Waals surface area contributed by atoms with Gasteiger partial charge in [-0.05, 0) is 56.6 Å². The second-order valence-electron chi connectivity index (χ2n) is 8.40. The smallest absolute Gasteiger partial charge is 0.320 e. The summed E-state index contributed by atoms with van der Waals surface area (Å²) in [5, 5.41) is 12.9. The molecule has 1 aliphatic rings. The minimum atomic E-state index is -0.903. The maximum absolute atomic E-state index is 13.3. The van der Waals surface area contributed by atoms with Crippen LogP contribution in [0.15, 0.2) is 30.3 Å². The molecule has 0 unspecified atom stereocenters. The molecule has 0 bridgehead atoms. The Kier molecular flexibility index (Phi) is 9.61. The molecule has 2 rings (SSSR count). The van der Waals surface area contributed by atoms with Crippen molar-refractivity contribution in [2.45, 2.75) is 76.9 Å². The van der Waals surface area contributed by atoms with Crippen LogP contribution in [0.4, 0.5) is 0 Å². The van der Waals surface area contributed by atoms with Gasteiger partial charge in [0, 0.05) is 12.6 Å². The third-order valence-electron chi connectivity index (χ3n) is 5.86. The first kappa shape index (κ1) is 23.4. The van der Waals surface area contributed by atoms with E-state index >= 15 is 0 Å². The van der Waals surface area contributed by atoms with E-state index in [1.165, 1.54) is 0 Å². The zero-order valence-corrected chi connectivity index (χ0v) is 17.8. The quantitative estimate of drug-likeness (QED) is 0.467. The average molecular weight is 404 g/mol. The molecule has 4 N–H and O–H groups in total. The van der Waals surface area contributed by atoms with E-state index < -0.39 is 18.1 Å². The van der Waals surface area contributed by atoms with Crippen molar-refractivity contribution < 1.29 is 14.7 Å². The maximum Gasteiger partial charge on any atom is 0.320 e. The Morgan fingerprint density at radius 3 is 2.52 bits per heavy atom. The molecule has 1 amide bonds. The van der Waals surface area contributed by atoms with Gasteiger partial charge in [-0.25, -0.2) is 0 Å². The first-order valence-corrected chi connectivity index (χ1v) is 11.0. The van der Waals surface area contributed by atoms with Gasteiger partial charge >= 0.3 is 5.97 Å². The van der Waals surface area contributed by atoms with Crippen molar-refractivity contribution in [1.82, 2.24) is 10.2 Å². The molecule has 29 heavy (non-hydrogen) atoms. The molecule has 1 heterocycles. The monoisotopic (exact) mass is 403 g/mol. The van der Waals surface area contributed by atoms with Crippen molar-refractivity contribution in [3.8, 4) is 0 Å². The van der Waals surface area contributed by atoms with Crippen molar-refractivity contribution in [1.29, 1.82) is 0 Å². The van der Waals surface area contributed by atoms with E-state index in [1.54, 1.807) is 0 Å². The number of rotatable bonds is 12. The summed E-state index contributed by atoms with van der Waals surface area (Å²) in [5.41, 5.74) is 6.73. The molecule has 162 valence electrons. The lowest BCUT2D eigenvalue weighted by Crippen LogP contribution is -2.53. The van der Waals surface area contributed by atoms with Gasteiger partial charge in [0.1, 0.15) is 6.04 Å². The number of carbonyl (C=O) groups excluding carboxylic acids is 1. The van der Waals surface area contributed by atoms with E-state index in [0.717, 1.165) is 37.8 Å². The van der Waals surface area contributed by atoms with Crippen LogP contribution in [0.5, 0.6) is 0 Å². The van der Waals surface area contributed by atoms with E-state index in [1.807, 2.05) is 35.2 Å². The highest BCUT2D eigenvalue weighted by molar-refractivity contribution is 5.83. The highest BCUT2D eigenvalue weighted by Gasteiger charge is 2.35. The molecule has 6 heteroatoms. The van der Waals surface area contributed by atoms with Gasteiger partial charge in [0.2, 0.25) is 5.91 Å². The van der Waals surface area contributed by atoms with Crippen LogP contribution in [0, 0.1) is 5.92 Å². The fraction of sp³-hybridized carbons (Fsp3) is 0.652. The minimum absolute atomic E-state index is 0.0455. The average Bonchev–Trinajstić information content (AvgIpc) is 3.20. The third kappa shape index (κ3) is 7.12. The molecule has 0 spiro atoms. The zero-order valence-electron chi connectivity index (χ0n) is 17.8. The Morgan fingerprint density at radius 1 is 1.17 bits per heavy atom. The topological polar surface area (TPSA) is 95.7 Å². The predicted molar refractivity (Wildman–Crippen MR) is 116 cm³/mol. The highest BCUT2D eigenvalue weighted by atomic mass is 16.4. The van der Waals surface area contributed by atoms with Crippen LogP contribution in [-0.4, -0.2) is 53.1 Å². The lowest BCUT2D eigenvalue weighted by molar-refractivity contribution is -0.141. The van der Waals surface area contributed by atoms with E-state index in [0.29, 0.717) is 31.7 Å². The Morgan fingerprint density at radius 2 is 1.90 bits per heavy atom. The SMILES string of the molecule is CC(C)[C@@H]1CCCN1C(=O)[C@H](CCCCN)N[C@@H](CCc1ccccc1)C(=O)O. The number of unbranched alkanes of at least 4 members (excludes halogenated alkanes) is 1. The Bertz CT molecular complexity index is 636. The van der Waals surface area contributed by atoms with Crippen LogP contribution in [-0.2, 0) is 16.0 Å². The van der Waals surface area contributed by atoms with E-state index in [9.17, 15) is 14.7 Å². The van der Waals surface area contributed by atoms with Crippen LogP contribution in [0.1, 0.15) is 57.9 Å². The number of carboxylic acids is 1. The highest BCUT2D eigenvalue weighted by Crippen LogP contribution is 2.25. The molecule has 1 fully saturated rings. The van der Waals surface area contributed by atoms with Crippen molar-refractivity contribution in [3.63, 3.8) is 0 Å². The number of aliphatic carboxylic acids is 1. The minimum Gasteiger partial charge on any atom is -0.480 e. The van der Waals surface area contributed by atoms with Crippen LogP contribution in [0.25, 0.3) is 0 Å². The number of amides is 1. The van der Waals surface area contributed by atoms with E-state index in [2.05, 4.69) is 19.2 Å². The fourth-order valence-electron chi connectivity index (χ4n) is 4.21. The van der Waals surface area contributed by atoms with Crippen LogP contribution in [0.2, 0.25) is 0 Å². The molecule has 0 saturated carbocycles. The van der Waals surface area contributed by atoms with Crippen LogP contribution < -0.4 is 11.1 Å². The van der Waals surface area contributed by atoms with E-state index in [-0.39, 0.29) is 11.9 Å². The number of carboxylic acid groups (broad SMARTS) is 1. The first-order valence-electron chi connectivity index (χ1n) is 11.0. The number of benzene rings is 1. The number of nitrogens with two attached hydrogens (primary N) is 1. The zero-order chi connectivity index (χ0) is 21.2. The lowest BCUT2D eigenvalue weighted by Gasteiger charge is -2.32. The second-order valence-corrected chi connectivity index (χ2v) is 8.40. The number of nitrogens with one attached hydrogen (secondary N) is 1. The number of aryl methyl sites for hydroxylation is 1. The van der Waals surface area contributed by atoms with Crippen molar-refractivity contribution in [3.05, 3.63) is 35.9 Å². The molecule has 1 saturated heterocycles. The lowest BCUT2D eigenvalue weighted by atomic mass is 9.99. The number of carbonyl (C=O) groups is 2. The summed E-state index contributed by atoms with van der Waals surface area (Å²) in [4.78, 5) is 27.2. The van der Waals surface area contributed by atoms with Gasteiger partial charge in [-0.3, -0.25) is 14.9 Å². The number of hydrogen-bond donors (Lipinski definition) is 3. The molecule has 6 nitrogen and oxygen atoms in total. The van der Waals surface area contributed by atoms with E-state index in [4.69, 9.17) is 5.73 Å². The molecular weight excluding hydrogens is 366 g/mol. The normalized spacial score (nSPS) is 18.8. The van der Waals surface area contributed by atoms with Crippen LogP contribution >= 0.6 is 0 Å². The fourth-order valence-corrected chi connectivity index (χ4v) is 4.21. The first-order chi connectivity index (χ1) is 13.9. The van der Waals surface area contributed by atoms with Gasteiger partial charge in [-0.15, -0.1) is 0 Å². The molecule has 0 aromatic heterocycles. The van der Waals surface area contributed by atoms with Gasteiger partial charge in [0.05, 0.1) is 6.04 Å². The summed E-state index contributed by atoms with van der Waals surface area (Å²) in [6.07, 6.45) is 5.41. The van der Waals surface area contributed by atoms with Gasteiger partial charge in [-0.1, -0.05) is 50.6 Å². The van der Waals surface area contributed by atoms with Gasteiger partial charge in [0.15, 0.2) is 0 Å². The van der Waals surface area contributed by atoms with Gasteiger partial charge in [0.25, 0.3) is 0 Å². The molecule has 1 aromatic rings. The molecule has 1 aromatic carbocycles. The van der Waals surface area contributed by atoms with Crippen molar-refractivity contribution in [2.75, 3.05) is 13.1 Å². The van der Waals surface area contributed by atoms with Crippen molar-refractivity contribution >= 4 is 11.9 Å². The Hall–Kier alpha value is -1.92. The van der Waals surface area contributed by atoms with Crippen molar-refractivity contribution in [2.24, 2.45) is 11.7 Å².